The van der Waals surface area contributed by atoms with Crippen LogP contribution in [0.5, 0.6) is 0 Å². The zero-order valence-corrected chi connectivity index (χ0v) is 16.7. The number of aromatic nitrogens is 3. The number of thiazole rings is 1. The summed E-state index contributed by atoms with van der Waals surface area (Å²) in [6.45, 7) is 3.89. The molecule has 0 aliphatic heterocycles. The second-order valence-corrected chi connectivity index (χ2v) is 7.66. The van der Waals surface area contributed by atoms with Crippen molar-refractivity contribution in [3.63, 3.8) is 0 Å². The molecule has 0 saturated carbocycles. The van der Waals surface area contributed by atoms with Crippen LogP contribution >= 0.6 is 11.3 Å². The van der Waals surface area contributed by atoms with Crippen LogP contribution in [0.1, 0.15) is 23.4 Å². The van der Waals surface area contributed by atoms with Crippen LogP contribution in [0.4, 0.5) is 18.3 Å². The van der Waals surface area contributed by atoms with E-state index in [2.05, 4.69) is 15.3 Å². The number of nitrogens with zero attached hydrogens (tertiary/aromatic N) is 3. The molecule has 154 valence electrons. The second-order valence-electron chi connectivity index (χ2n) is 6.80. The molecule has 0 fully saturated rings. The number of hydrogen-bond acceptors (Lipinski definition) is 5. The van der Waals surface area contributed by atoms with E-state index in [4.69, 9.17) is 0 Å². The Hall–Kier alpha value is -2.72. The molecule has 0 bridgehead atoms. The van der Waals surface area contributed by atoms with Gasteiger partial charge in [-0.25, -0.2) is 9.97 Å². The molecule has 1 unspecified atom stereocenters. The van der Waals surface area contributed by atoms with Gasteiger partial charge in [-0.1, -0.05) is 23.8 Å². The Morgan fingerprint density at radius 2 is 2.03 bits per heavy atom. The third-order valence-corrected chi connectivity index (χ3v) is 5.24. The van der Waals surface area contributed by atoms with E-state index in [1.165, 1.54) is 13.2 Å². The highest BCUT2D eigenvalue weighted by atomic mass is 32.1. The number of aryl methyl sites for hydroxylation is 3. The van der Waals surface area contributed by atoms with Gasteiger partial charge in [-0.05, 0) is 19.4 Å². The Morgan fingerprint density at radius 1 is 1.31 bits per heavy atom. The van der Waals surface area contributed by atoms with Gasteiger partial charge in [-0.2, -0.15) is 13.2 Å². The van der Waals surface area contributed by atoms with Crippen LogP contribution in [0.3, 0.4) is 0 Å². The average Bonchev–Trinajstić information content (AvgIpc) is 3.23. The molecule has 1 aromatic carbocycles. The number of rotatable bonds is 5. The van der Waals surface area contributed by atoms with E-state index >= 15 is 0 Å². The van der Waals surface area contributed by atoms with Crippen LogP contribution in [0.2, 0.25) is 0 Å². The average molecular weight is 424 g/mol. The Balaban J connectivity index is 1.80. The highest BCUT2D eigenvalue weighted by Crippen LogP contribution is 2.41. The van der Waals surface area contributed by atoms with Crippen molar-refractivity contribution in [2.24, 2.45) is 7.05 Å². The van der Waals surface area contributed by atoms with Crippen LogP contribution in [0, 0.1) is 13.8 Å². The molecular formula is C19H19F3N4O2S. The van der Waals surface area contributed by atoms with Gasteiger partial charge in [0.25, 0.3) is 0 Å². The summed E-state index contributed by atoms with van der Waals surface area (Å²) in [5, 5.41) is 14.5. The van der Waals surface area contributed by atoms with Gasteiger partial charge in [0.2, 0.25) is 11.5 Å². The zero-order chi connectivity index (χ0) is 21.4. The van der Waals surface area contributed by atoms with E-state index in [9.17, 15) is 23.1 Å². The topological polar surface area (TPSA) is 80.0 Å². The number of imidazole rings is 1. The maximum absolute atomic E-state index is 13.6. The van der Waals surface area contributed by atoms with Gasteiger partial charge in [-0.15, -0.1) is 11.3 Å². The molecule has 3 aromatic rings. The molecule has 6 nitrogen and oxygen atoms in total. The van der Waals surface area contributed by atoms with Crippen molar-refractivity contribution in [1.29, 1.82) is 0 Å². The molecule has 0 spiro atoms. The first-order chi connectivity index (χ1) is 13.5. The van der Waals surface area contributed by atoms with E-state index in [-0.39, 0.29) is 5.13 Å². The number of aliphatic hydroxyl groups is 1. The fraction of sp³-hybridized carbons (Fsp3) is 0.316. The first-order valence-corrected chi connectivity index (χ1v) is 9.49. The van der Waals surface area contributed by atoms with Crippen molar-refractivity contribution < 1.29 is 23.1 Å². The maximum Gasteiger partial charge on any atom is 0.425 e. The third-order valence-electron chi connectivity index (χ3n) is 4.48. The summed E-state index contributed by atoms with van der Waals surface area (Å²) in [7, 11) is 1.31. The summed E-state index contributed by atoms with van der Waals surface area (Å²) >= 11 is 1.09. The number of amides is 1. The number of benzene rings is 1. The van der Waals surface area contributed by atoms with Gasteiger partial charge >= 0.3 is 6.18 Å². The zero-order valence-electron chi connectivity index (χ0n) is 15.9. The lowest BCUT2D eigenvalue weighted by molar-refractivity contribution is -0.270. The summed E-state index contributed by atoms with van der Waals surface area (Å²) in [4.78, 5) is 20.2. The Kier molecular flexibility index (Phi) is 5.50. The molecular weight excluding hydrogens is 405 g/mol. The van der Waals surface area contributed by atoms with Gasteiger partial charge in [0.05, 0.1) is 12.1 Å². The fourth-order valence-corrected chi connectivity index (χ4v) is 3.75. The molecule has 3 rings (SSSR count). The fourth-order valence-electron chi connectivity index (χ4n) is 3.02. The lowest BCUT2D eigenvalue weighted by Gasteiger charge is -2.29. The van der Waals surface area contributed by atoms with Crippen LogP contribution in [0.25, 0.3) is 11.3 Å². The lowest BCUT2D eigenvalue weighted by atomic mass is 9.97. The summed E-state index contributed by atoms with van der Waals surface area (Å²) in [6.07, 6.45) is -3.93. The van der Waals surface area contributed by atoms with E-state index in [0.29, 0.717) is 5.69 Å². The second kappa shape index (κ2) is 7.60. The molecule has 1 atom stereocenters. The Labute approximate surface area is 169 Å². The van der Waals surface area contributed by atoms with Gasteiger partial charge in [0.1, 0.15) is 0 Å². The minimum absolute atomic E-state index is 0.148. The molecule has 29 heavy (non-hydrogen) atoms. The smallest absolute Gasteiger partial charge is 0.374 e. The predicted octanol–water partition coefficient (Wildman–Crippen LogP) is 3.94. The van der Waals surface area contributed by atoms with E-state index in [1.54, 1.807) is 5.38 Å². The number of halogens is 3. The van der Waals surface area contributed by atoms with Crippen molar-refractivity contribution in [1.82, 2.24) is 14.5 Å². The van der Waals surface area contributed by atoms with Crippen molar-refractivity contribution in [3.05, 3.63) is 52.9 Å². The molecule has 0 aliphatic carbocycles. The quantitative estimate of drug-likeness (QED) is 0.650. The van der Waals surface area contributed by atoms with Crippen LogP contribution in [-0.2, 0) is 17.4 Å². The number of hydrogen-bond donors (Lipinski definition) is 2. The predicted molar refractivity (Wildman–Crippen MR) is 103 cm³/mol. The first-order valence-electron chi connectivity index (χ1n) is 8.61. The molecule has 1 amide bonds. The minimum Gasteiger partial charge on any atom is -0.374 e. The SMILES string of the molecule is Cc1ccc(-c2csc(NC(=O)CC(O)(c3nccn3C)C(F)(F)F)n2)c(C)c1. The number of alkyl halides is 3. The largest absolute Gasteiger partial charge is 0.425 e. The Morgan fingerprint density at radius 3 is 2.62 bits per heavy atom. The van der Waals surface area contributed by atoms with Crippen LogP contribution in [0.15, 0.2) is 36.0 Å². The number of nitrogens with one attached hydrogen (secondary N) is 1. The normalized spacial score (nSPS) is 13.9. The lowest BCUT2D eigenvalue weighted by Crippen LogP contribution is -2.46. The molecule has 2 aromatic heterocycles. The van der Waals surface area contributed by atoms with E-state index < -0.39 is 29.9 Å². The van der Waals surface area contributed by atoms with E-state index in [0.717, 1.165) is 38.8 Å². The molecule has 0 radical (unpaired) electrons. The summed E-state index contributed by atoms with van der Waals surface area (Å²) in [6, 6.07) is 5.81. The highest BCUT2D eigenvalue weighted by molar-refractivity contribution is 7.14. The van der Waals surface area contributed by atoms with Crippen molar-refractivity contribution in [3.8, 4) is 11.3 Å². The molecule has 2 heterocycles. The first kappa shape index (κ1) is 21.0. The minimum atomic E-state index is -5.09. The van der Waals surface area contributed by atoms with Crippen molar-refractivity contribution in [2.75, 3.05) is 5.32 Å². The van der Waals surface area contributed by atoms with Gasteiger partial charge < -0.3 is 15.0 Å². The van der Waals surface area contributed by atoms with Gasteiger partial charge in [0, 0.05) is 30.4 Å². The van der Waals surface area contributed by atoms with Gasteiger partial charge in [0.15, 0.2) is 11.0 Å². The number of anilines is 1. The number of carbonyl (C=O) groups is 1. The molecule has 0 saturated heterocycles. The maximum atomic E-state index is 13.6. The molecule has 10 heteroatoms. The van der Waals surface area contributed by atoms with Crippen LogP contribution < -0.4 is 5.32 Å². The van der Waals surface area contributed by atoms with E-state index in [1.807, 2.05) is 32.0 Å². The van der Waals surface area contributed by atoms with Crippen molar-refractivity contribution >= 4 is 22.4 Å². The van der Waals surface area contributed by atoms with Crippen molar-refractivity contribution in [2.45, 2.75) is 32.0 Å². The molecule has 2 N–H and O–H groups in total. The van der Waals surface area contributed by atoms with Gasteiger partial charge in [-0.3, -0.25) is 4.79 Å². The molecule has 0 aliphatic rings. The third kappa shape index (κ3) is 4.18. The Bertz CT molecular complexity index is 1040. The summed E-state index contributed by atoms with van der Waals surface area (Å²) < 4.78 is 41.7. The summed E-state index contributed by atoms with van der Waals surface area (Å²) in [5.74, 6) is -1.68. The highest BCUT2D eigenvalue weighted by Gasteiger charge is 2.58. The standard InChI is InChI=1S/C19H19F3N4O2S/c1-11-4-5-13(12(2)8-11)14-10-29-17(24-14)25-15(27)9-18(28,19(20,21)22)16-23-6-7-26(16)3/h4-8,10,28H,9H2,1-3H3,(H,24,25,27). The number of carbonyl (C=O) groups excluding carboxylic acids is 1. The summed E-state index contributed by atoms with van der Waals surface area (Å²) in [5.41, 5.74) is 0.151. The monoisotopic (exact) mass is 424 g/mol. The van der Waals surface area contributed by atoms with Crippen LogP contribution in [-0.4, -0.2) is 31.7 Å².